The van der Waals surface area contributed by atoms with Crippen molar-refractivity contribution in [1.29, 1.82) is 0 Å². The third kappa shape index (κ3) is 1.77. The van der Waals surface area contributed by atoms with E-state index in [1.165, 1.54) is 6.33 Å². The zero-order valence-corrected chi connectivity index (χ0v) is 8.94. The highest BCUT2D eigenvalue weighted by Gasteiger charge is 2.39. The van der Waals surface area contributed by atoms with Crippen molar-refractivity contribution in [2.45, 2.75) is 18.8 Å². The molecule has 74 valence electrons. The molecule has 1 aliphatic rings. The molecule has 0 aliphatic heterocycles. The fourth-order valence-corrected chi connectivity index (χ4v) is 1.99. The molecule has 1 aromatic heterocycles. The first kappa shape index (κ1) is 9.58. The molecule has 0 radical (unpaired) electrons. The van der Waals surface area contributed by atoms with Crippen molar-refractivity contribution in [2.75, 3.05) is 0 Å². The molecule has 1 aliphatic carbocycles. The summed E-state index contributed by atoms with van der Waals surface area (Å²) in [6, 6.07) is 0. The van der Waals surface area contributed by atoms with Gasteiger partial charge in [-0.3, -0.25) is 4.79 Å². The number of hydrogen-bond donors (Lipinski definition) is 1. The van der Waals surface area contributed by atoms with Crippen molar-refractivity contribution in [2.24, 2.45) is 5.92 Å². The molecule has 4 nitrogen and oxygen atoms in total. The molecule has 0 aromatic carbocycles. The Balaban J connectivity index is 2.35. The van der Waals surface area contributed by atoms with Crippen LogP contribution in [-0.4, -0.2) is 21.0 Å². The molecular formula is C9H9BrN2O2. The van der Waals surface area contributed by atoms with Gasteiger partial charge in [0.25, 0.3) is 0 Å². The van der Waals surface area contributed by atoms with Crippen LogP contribution in [0.3, 0.4) is 0 Å². The Labute approximate surface area is 89.5 Å². The van der Waals surface area contributed by atoms with Crippen molar-refractivity contribution in [3.63, 3.8) is 0 Å². The van der Waals surface area contributed by atoms with E-state index in [0.29, 0.717) is 10.2 Å². The predicted octanol–water partition coefficient (Wildman–Crippen LogP) is 1.82. The second-order valence-corrected chi connectivity index (χ2v) is 4.26. The Morgan fingerprint density at radius 1 is 1.64 bits per heavy atom. The molecule has 1 atom stereocenters. The maximum atomic E-state index is 11.1. The standard InChI is InChI=1S/C9H9BrN2O2/c10-6-3-11-4-12-8(6)7(9(13)14)5-1-2-5/h3-5,7H,1-2H2,(H,13,14). The lowest BCUT2D eigenvalue weighted by Gasteiger charge is -2.11. The SMILES string of the molecule is O=C(O)C(c1ncncc1Br)C1CC1. The van der Waals surface area contributed by atoms with E-state index in [0.717, 1.165) is 12.8 Å². The van der Waals surface area contributed by atoms with Gasteiger partial charge in [-0.2, -0.15) is 0 Å². The number of aliphatic carboxylic acids is 1. The number of hydrogen-bond acceptors (Lipinski definition) is 3. The summed E-state index contributed by atoms with van der Waals surface area (Å²) in [6.45, 7) is 0. The lowest BCUT2D eigenvalue weighted by Crippen LogP contribution is -2.15. The van der Waals surface area contributed by atoms with Gasteiger partial charge in [0, 0.05) is 6.20 Å². The maximum Gasteiger partial charge on any atom is 0.312 e. The second kappa shape index (κ2) is 3.65. The van der Waals surface area contributed by atoms with Crippen LogP contribution < -0.4 is 0 Å². The fraction of sp³-hybridized carbons (Fsp3) is 0.444. The van der Waals surface area contributed by atoms with Crippen LogP contribution in [0.1, 0.15) is 24.5 Å². The summed E-state index contributed by atoms with van der Waals surface area (Å²) in [6.07, 6.45) is 4.93. The minimum absolute atomic E-state index is 0.249. The van der Waals surface area contributed by atoms with Gasteiger partial charge in [0.2, 0.25) is 0 Å². The normalized spacial score (nSPS) is 17.8. The van der Waals surface area contributed by atoms with Crippen molar-refractivity contribution in [3.8, 4) is 0 Å². The quantitative estimate of drug-likeness (QED) is 0.896. The molecule has 0 spiro atoms. The van der Waals surface area contributed by atoms with E-state index in [2.05, 4.69) is 25.9 Å². The third-order valence-electron chi connectivity index (χ3n) is 2.35. The van der Waals surface area contributed by atoms with Gasteiger partial charge in [0.05, 0.1) is 10.2 Å². The van der Waals surface area contributed by atoms with Gasteiger partial charge in [0.15, 0.2) is 0 Å². The molecule has 1 heterocycles. The molecular weight excluding hydrogens is 248 g/mol. The average Bonchev–Trinajstić information content (AvgIpc) is 2.92. The highest BCUT2D eigenvalue weighted by Crippen LogP contribution is 2.43. The highest BCUT2D eigenvalue weighted by atomic mass is 79.9. The minimum Gasteiger partial charge on any atom is -0.481 e. The number of nitrogens with zero attached hydrogens (tertiary/aromatic N) is 2. The van der Waals surface area contributed by atoms with Crippen molar-refractivity contribution in [1.82, 2.24) is 9.97 Å². The maximum absolute atomic E-state index is 11.1. The van der Waals surface area contributed by atoms with E-state index >= 15 is 0 Å². The molecule has 0 bridgehead atoms. The summed E-state index contributed by atoms with van der Waals surface area (Å²) < 4.78 is 0.680. The largest absolute Gasteiger partial charge is 0.481 e. The predicted molar refractivity (Wildman–Crippen MR) is 52.8 cm³/mol. The zero-order chi connectivity index (χ0) is 10.1. The van der Waals surface area contributed by atoms with Crippen LogP contribution in [0.25, 0.3) is 0 Å². The van der Waals surface area contributed by atoms with E-state index in [9.17, 15) is 4.79 Å². The van der Waals surface area contributed by atoms with Crippen LogP contribution in [0.15, 0.2) is 17.0 Å². The number of halogens is 1. The molecule has 1 unspecified atom stereocenters. The van der Waals surface area contributed by atoms with Crippen molar-refractivity contribution < 1.29 is 9.90 Å². The Bertz CT molecular complexity index is 366. The smallest absolute Gasteiger partial charge is 0.312 e. The lowest BCUT2D eigenvalue weighted by atomic mass is 10.00. The molecule has 1 saturated carbocycles. The third-order valence-corrected chi connectivity index (χ3v) is 2.96. The van der Waals surface area contributed by atoms with Crippen LogP contribution in [0.4, 0.5) is 0 Å². The van der Waals surface area contributed by atoms with Gasteiger partial charge in [-0.1, -0.05) is 0 Å². The van der Waals surface area contributed by atoms with Crippen LogP contribution in [0, 0.1) is 5.92 Å². The van der Waals surface area contributed by atoms with Crippen molar-refractivity contribution in [3.05, 3.63) is 22.7 Å². The summed E-state index contributed by atoms with van der Waals surface area (Å²) in [4.78, 5) is 18.9. The van der Waals surface area contributed by atoms with E-state index in [1.54, 1.807) is 6.20 Å². The Hall–Kier alpha value is -0.970. The highest BCUT2D eigenvalue weighted by molar-refractivity contribution is 9.10. The zero-order valence-electron chi connectivity index (χ0n) is 7.35. The second-order valence-electron chi connectivity index (χ2n) is 3.41. The van der Waals surface area contributed by atoms with E-state index in [-0.39, 0.29) is 5.92 Å². The minimum atomic E-state index is -0.799. The van der Waals surface area contributed by atoms with Crippen LogP contribution in [-0.2, 0) is 4.79 Å². The lowest BCUT2D eigenvalue weighted by molar-refractivity contribution is -0.139. The van der Waals surface area contributed by atoms with Crippen LogP contribution in [0.5, 0.6) is 0 Å². The molecule has 1 aromatic rings. The fourth-order valence-electron chi connectivity index (χ4n) is 1.52. The average molecular weight is 257 g/mol. The summed E-state index contributed by atoms with van der Waals surface area (Å²) in [7, 11) is 0. The number of carboxylic acids is 1. The molecule has 0 saturated heterocycles. The number of carbonyl (C=O) groups is 1. The van der Waals surface area contributed by atoms with Gasteiger partial charge in [-0.15, -0.1) is 0 Å². The van der Waals surface area contributed by atoms with Gasteiger partial charge in [0.1, 0.15) is 12.2 Å². The van der Waals surface area contributed by atoms with Gasteiger partial charge in [-0.25, -0.2) is 9.97 Å². The first-order chi connectivity index (χ1) is 6.70. The van der Waals surface area contributed by atoms with E-state index < -0.39 is 11.9 Å². The first-order valence-corrected chi connectivity index (χ1v) is 5.17. The van der Waals surface area contributed by atoms with Gasteiger partial charge < -0.3 is 5.11 Å². The monoisotopic (exact) mass is 256 g/mol. The topological polar surface area (TPSA) is 63.1 Å². The Morgan fingerprint density at radius 3 is 2.86 bits per heavy atom. The molecule has 14 heavy (non-hydrogen) atoms. The van der Waals surface area contributed by atoms with Crippen LogP contribution in [0.2, 0.25) is 0 Å². The molecule has 5 heteroatoms. The Morgan fingerprint density at radius 2 is 2.36 bits per heavy atom. The van der Waals surface area contributed by atoms with Gasteiger partial charge >= 0.3 is 5.97 Å². The summed E-state index contributed by atoms with van der Waals surface area (Å²) in [5, 5.41) is 9.08. The Kier molecular flexibility index (Phi) is 2.50. The number of rotatable bonds is 3. The van der Waals surface area contributed by atoms with E-state index in [1.807, 2.05) is 0 Å². The van der Waals surface area contributed by atoms with Crippen LogP contribution >= 0.6 is 15.9 Å². The first-order valence-electron chi connectivity index (χ1n) is 4.38. The van der Waals surface area contributed by atoms with Crippen molar-refractivity contribution >= 4 is 21.9 Å². The molecule has 2 rings (SSSR count). The molecule has 0 amide bonds. The molecule has 1 N–H and O–H groups in total. The summed E-state index contributed by atoms with van der Waals surface area (Å²) in [5.41, 5.74) is 0.593. The number of carboxylic acid groups (broad SMARTS) is 1. The van der Waals surface area contributed by atoms with E-state index in [4.69, 9.17) is 5.11 Å². The summed E-state index contributed by atoms with van der Waals surface area (Å²) in [5.74, 6) is -1.03. The number of aromatic nitrogens is 2. The molecule has 1 fully saturated rings. The summed E-state index contributed by atoms with van der Waals surface area (Å²) >= 11 is 3.27. The van der Waals surface area contributed by atoms with Gasteiger partial charge in [-0.05, 0) is 34.7 Å².